The standard InChI is InChI=1S/C22H25N5O3S/c1-15-2-4-16(5-3-15)20-24-25-22(31)27(20)12-8-19(28)23-18-6-10-26(11-7-18)21(29)17-9-13-30-14-17/h2-5,9,13-14,18H,6-8,10-12H2,1H3,(H,23,28)(H,25,31). The number of nitrogens with zero attached hydrogens (tertiary/aromatic N) is 3. The molecule has 0 spiro atoms. The number of aryl methyl sites for hydroxylation is 1. The molecule has 0 aliphatic carbocycles. The van der Waals surface area contributed by atoms with Crippen molar-refractivity contribution < 1.29 is 14.0 Å². The van der Waals surface area contributed by atoms with Gasteiger partial charge in [0.25, 0.3) is 5.91 Å². The Balaban J connectivity index is 1.29. The summed E-state index contributed by atoms with van der Waals surface area (Å²) in [4.78, 5) is 26.7. The molecule has 2 N–H and O–H groups in total. The minimum Gasteiger partial charge on any atom is -0.472 e. The fourth-order valence-electron chi connectivity index (χ4n) is 3.76. The summed E-state index contributed by atoms with van der Waals surface area (Å²) in [5.41, 5.74) is 2.68. The number of H-pyrrole nitrogens is 1. The molecule has 0 radical (unpaired) electrons. The Bertz CT molecular complexity index is 1090. The van der Waals surface area contributed by atoms with Gasteiger partial charge < -0.3 is 14.6 Å². The van der Waals surface area contributed by atoms with Gasteiger partial charge in [-0.2, -0.15) is 5.10 Å². The molecule has 0 bridgehead atoms. The Morgan fingerprint density at radius 3 is 2.65 bits per heavy atom. The van der Waals surface area contributed by atoms with E-state index in [2.05, 4.69) is 15.5 Å². The number of benzene rings is 1. The molecule has 1 aliphatic heterocycles. The van der Waals surface area contributed by atoms with Crippen LogP contribution in [0, 0.1) is 11.7 Å². The molecule has 0 saturated carbocycles. The van der Waals surface area contributed by atoms with E-state index in [4.69, 9.17) is 16.6 Å². The van der Waals surface area contributed by atoms with Crippen molar-refractivity contribution in [2.24, 2.45) is 0 Å². The molecule has 1 aromatic carbocycles. The van der Waals surface area contributed by atoms with Crippen molar-refractivity contribution in [1.82, 2.24) is 25.0 Å². The van der Waals surface area contributed by atoms with Gasteiger partial charge in [0.2, 0.25) is 5.91 Å². The molecular weight excluding hydrogens is 414 g/mol. The predicted molar refractivity (Wildman–Crippen MR) is 118 cm³/mol. The van der Waals surface area contributed by atoms with E-state index in [0.717, 1.165) is 24.2 Å². The number of likely N-dealkylation sites (tertiary alicyclic amines) is 1. The molecule has 2 amide bonds. The van der Waals surface area contributed by atoms with E-state index in [9.17, 15) is 9.59 Å². The Kier molecular flexibility index (Phi) is 6.31. The number of carbonyl (C=O) groups is 2. The molecule has 8 nitrogen and oxygen atoms in total. The summed E-state index contributed by atoms with van der Waals surface area (Å²) in [5, 5.41) is 10.2. The van der Waals surface area contributed by atoms with E-state index >= 15 is 0 Å². The summed E-state index contributed by atoms with van der Waals surface area (Å²) in [6.45, 7) is 3.70. The molecule has 1 saturated heterocycles. The zero-order valence-electron chi connectivity index (χ0n) is 17.3. The largest absolute Gasteiger partial charge is 0.472 e. The quantitative estimate of drug-likeness (QED) is 0.575. The lowest BCUT2D eigenvalue weighted by atomic mass is 10.0. The van der Waals surface area contributed by atoms with Crippen LogP contribution in [0.3, 0.4) is 0 Å². The first-order chi connectivity index (χ1) is 15.0. The Morgan fingerprint density at radius 2 is 1.97 bits per heavy atom. The topological polar surface area (TPSA) is 96.2 Å². The predicted octanol–water partition coefficient (Wildman–Crippen LogP) is 3.32. The fraction of sp³-hybridized carbons (Fsp3) is 0.364. The first kappa shape index (κ1) is 21.0. The first-order valence-corrected chi connectivity index (χ1v) is 10.7. The second-order valence-corrected chi connectivity index (χ2v) is 8.15. The van der Waals surface area contributed by atoms with Gasteiger partial charge in [0, 0.05) is 37.7 Å². The zero-order valence-corrected chi connectivity index (χ0v) is 18.2. The highest BCUT2D eigenvalue weighted by Crippen LogP contribution is 2.19. The summed E-state index contributed by atoms with van der Waals surface area (Å²) in [6.07, 6.45) is 4.73. The molecule has 9 heteroatoms. The molecule has 31 heavy (non-hydrogen) atoms. The van der Waals surface area contributed by atoms with Crippen molar-refractivity contribution in [2.45, 2.75) is 38.8 Å². The summed E-state index contributed by atoms with van der Waals surface area (Å²) in [5.74, 6) is 0.665. The molecular formula is C22H25N5O3S. The SMILES string of the molecule is Cc1ccc(-c2n[nH]c(=S)n2CCC(=O)NC2CCN(C(=O)c3ccoc3)CC2)cc1. The molecule has 1 fully saturated rings. The minimum absolute atomic E-state index is 0.0300. The second-order valence-electron chi connectivity index (χ2n) is 7.77. The van der Waals surface area contributed by atoms with E-state index in [-0.39, 0.29) is 17.9 Å². The number of aromatic amines is 1. The van der Waals surface area contributed by atoms with Gasteiger partial charge >= 0.3 is 0 Å². The fourth-order valence-corrected chi connectivity index (χ4v) is 3.98. The highest BCUT2D eigenvalue weighted by atomic mass is 32.1. The average Bonchev–Trinajstić information content (AvgIpc) is 3.43. The highest BCUT2D eigenvalue weighted by Gasteiger charge is 2.25. The smallest absolute Gasteiger partial charge is 0.257 e. The van der Waals surface area contributed by atoms with Crippen LogP contribution in [0.25, 0.3) is 11.4 Å². The second kappa shape index (κ2) is 9.30. The molecule has 0 unspecified atom stereocenters. The van der Waals surface area contributed by atoms with Crippen LogP contribution in [0.4, 0.5) is 0 Å². The maximum Gasteiger partial charge on any atom is 0.257 e. The van der Waals surface area contributed by atoms with Crippen LogP contribution >= 0.6 is 12.2 Å². The van der Waals surface area contributed by atoms with Crippen molar-refractivity contribution in [2.75, 3.05) is 13.1 Å². The van der Waals surface area contributed by atoms with Crippen LogP contribution in [0.1, 0.15) is 35.2 Å². The average molecular weight is 440 g/mol. The first-order valence-electron chi connectivity index (χ1n) is 10.3. The number of nitrogens with one attached hydrogen (secondary N) is 2. The zero-order chi connectivity index (χ0) is 21.8. The molecule has 3 heterocycles. The number of rotatable bonds is 6. The van der Waals surface area contributed by atoms with Gasteiger partial charge in [-0.3, -0.25) is 19.3 Å². The Labute approximate surface area is 185 Å². The minimum atomic E-state index is -0.0310. The van der Waals surface area contributed by atoms with E-state index in [1.807, 2.05) is 35.8 Å². The van der Waals surface area contributed by atoms with Crippen molar-refractivity contribution >= 4 is 24.0 Å². The Hall–Kier alpha value is -3.20. The third kappa shape index (κ3) is 4.93. The molecule has 0 atom stereocenters. The van der Waals surface area contributed by atoms with Gasteiger partial charge in [0.15, 0.2) is 10.6 Å². The number of piperidine rings is 1. The van der Waals surface area contributed by atoms with Crippen molar-refractivity contribution in [3.8, 4) is 11.4 Å². The van der Waals surface area contributed by atoms with Gasteiger partial charge in [-0.05, 0) is 38.0 Å². The van der Waals surface area contributed by atoms with Gasteiger partial charge in [-0.1, -0.05) is 29.8 Å². The number of aromatic nitrogens is 3. The van der Waals surface area contributed by atoms with Crippen LogP contribution in [0.15, 0.2) is 47.3 Å². The van der Waals surface area contributed by atoms with Crippen LogP contribution < -0.4 is 5.32 Å². The molecule has 2 aromatic heterocycles. The molecule has 162 valence electrons. The molecule has 3 aromatic rings. The lowest BCUT2D eigenvalue weighted by Gasteiger charge is -2.32. The third-order valence-electron chi connectivity index (χ3n) is 5.55. The lowest BCUT2D eigenvalue weighted by Crippen LogP contribution is -2.46. The van der Waals surface area contributed by atoms with Gasteiger partial charge in [-0.15, -0.1) is 0 Å². The van der Waals surface area contributed by atoms with Crippen molar-refractivity contribution in [3.63, 3.8) is 0 Å². The number of furan rings is 1. The van der Waals surface area contributed by atoms with Crippen LogP contribution in [0.5, 0.6) is 0 Å². The van der Waals surface area contributed by atoms with Crippen LogP contribution in [-0.4, -0.2) is 50.6 Å². The highest BCUT2D eigenvalue weighted by molar-refractivity contribution is 7.71. The molecule has 4 rings (SSSR count). The number of carbonyl (C=O) groups excluding carboxylic acids is 2. The van der Waals surface area contributed by atoms with Gasteiger partial charge in [0.1, 0.15) is 6.26 Å². The monoisotopic (exact) mass is 439 g/mol. The third-order valence-corrected chi connectivity index (χ3v) is 5.86. The van der Waals surface area contributed by atoms with Crippen molar-refractivity contribution in [1.29, 1.82) is 0 Å². The van der Waals surface area contributed by atoms with Crippen molar-refractivity contribution in [3.05, 3.63) is 58.8 Å². The lowest BCUT2D eigenvalue weighted by molar-refractivity contribution is -0.122. The van der Waals surface area contributed by atoms with Crippen LogP contribution in [0.2, 0.25) is 0 Å². The molecule has 1 aliphatic rings. The van der Waals surface area contributed by atoms with E-state index in [0.29, 0.717) is 36.4 Å². The summed E-state index contributed by atoms with van der Waals surface area (Å²) in [7, 11) is 0. The normalized spacial score (nSPS) is 14.5. The summed E-state index contributed by atoms with van der Waals surface area (Å²) < 4.78 is 7.34. The van der Waals surface area contributed by atoms with E-state index in [1.165, 1.54) is 18.1 Å². The maximum absolute atomic E-state index is 12.5. The number of hydrogen-bond acceptors (Lipinski definition) is 5. The van der Waals surface area contributed by atoms with E-state index < -0.39 is 0 Å². The summed E-state index contributed by atoms with van der Waals surface area (Å²) in [6, 6.07) is 9.77. The Morgan fingerprint density at radius 1 is 1.23 bits per heavy atom. The summed E-state index contributed by atoms with van der Waals surface area (Å²) >= 11 is 5.35. The maximum atomic E-state index is 12.5. The van der Waals surface area contributed by atoms with E-state index in [1.54, 1.807) is 11.0 Å². The van der Waals surface area contributed by atoms with Gasteiger partial charge in [-0.25, -0.2) is 0 Å². The van der Waals surface area contributed by atoms with Gasteiger partial charge in [0.05, 0.1) is 11.8 Å². The number of amides is 2. The number of hydrogen-bond donors (Lipinski definition) is 2. The van der Waals surface area contributed by atoms with Crippen LogP contribution in [-0.2, 0) is 11.3 Å².